The first-order valence-corrected chi connectivity index (χ1v) is 22.5. The van der Waals surface area contributed by atoms with Gasteiger partial charge in [0, 0.05) is 52.6 Å². The fourth-order valence-electron chi connectivity index (χ4n) is 7.61. The average molecular weight is 998 g/mol. The van der Waals surface area contributed by atoms with Gasteiger partial charge in [-0.3, -0.25) is 54.2 Å². The second kappa shape index (κ2) is 24.9. The molecule has 0 saturated heterocycles. The fraction of sp³-hybridized carbons (Fsp3) is 0.232. The van der Waals surface area contributed by atoms with Gasteiger partial charge in [-0.2, -0.15) is 15.3 Å². The Bertz CT molecular complexity index is 3600. The SMILES string of the molecule is C.C.C.Cc1ccc(CCC(=O)c2nn(C)c3cccnc3c2=N)cc1.Cc1ccc(CCC(=O)c2nn(C)c3cccnc3c2=O)cc1.Cn1nc(-c2nnc(Cc3ccc(F)cc3)o2)c(=N)c2ncccc21. The number of aryl methyl sites for hydroxylation is 7. The summed E-state index contributed by atoms with van der Waals surface area (Å²) in [4.78, 5) is 49.8. The first-order chi connectivity index (χ1) is 34.2. The lowest BCUT2D eigenvalue weighted by atomic mass is 10.0. The lowest BCUT2D eigenvalue weighted by Crippen LogP contribution is -2.23. The summed E-state index contributed by atoms with van der Waals surface area (Å²) in [6, 6.07) is 33.0. The number of nitrogens with zero attached hydrogens (tertiary/aromatic N) is 11. The van der Waals surface area contributed by atoms with E-state index in [1.165, 1.54) is 27.9 Å². The van der Waals surface area contributed by atoms with E-state index in [1.807, 2.05) is 74.5 Å². The van der Waals surface area contributed by atoms with Crippen LogP contribution in [0.5, 0.6) is 0 Å². The largest absolute Gasteiger partial charge is 0.419 e. The molecule has 7 aromatic heterocycles. The molecule has 0 aliphatic carbocycles. The van der Waals surface area contributed by atoms with Crippen LogP contribution in [0.4, 0.5) is 4.39 Å². The van der Waals surface area contributed by atoms with Gasteiger partial charge in [-0.15, -0.1) is 10.2 Å². The van der Waals surface area contributed by atoms with Crippen LogP contribution in [0.1, 0.15) is 89.8 Å². The van der Waals surface area contributed by atoms with E-state index in [9.17, 15) is 18.8 Å². The maximum atomic E-state index is 13.0. The molecule has 0 amide bonds. The summed E-state index contributed by atoms with van der Waals surface area (Å²) in [5.74, 6) is -0.150. The molecule has 17 nitrogen and oxygen atoms in total. The minimum absolute atomic E-state index is 0. The Morgan fingerprint density at radius 3 is 1.51 bits per heavy atom. The van der Waals surface area contributed by atoms with E-state index in [-0.39, 0.29) is 85.3 Å². The number of aromatic nitrogens is 11. The molecule has 380 valence electrons. The molecule has 0 aliphatic rings. The van der Waals surface area contributed by atoms with E-state index in [1.54, 1.807) is 85.5 Å². The van der Waals surface area contributed by atoms with Gasteiger partial charge in [0.05, 0.1) is 23.0 Å². The van der Waals surface area contributed by atoms with Crippen molar-refractivity contribution in [2.24, 2.45) is 21.1 Å². The fourth-order valence-corrected chi connectivity index (χ4v) is 7.61. The van der Waals surface area contributed by atoms with E-state index in [0.29, 0.717) is 48.1 Å². The first-order valence-electron chi connectivity index (χ1n) is 22.5. The van der Waals surface area contributed by atoms with E-state index in [0.717, 1.165) is 27.7 Å². The number of carbonyl (C=O) groups excluding carboxylic acids is 2. The van der Waals surface area contributed by atoms with Crippen molar-refractivity contribution < 1.29 is 18.4 Å². The molecule has 0 unspecified atom stereocenters. The Balaban J connectivity index is 0.000000202. The third kappa shape index (κ3) is 12.9. The molecule has 0 saturated carbocycles. The van der Waals surface area contributed by atoms with Crippen LogP contribution in [0.15, 0.2) is 137 Å². The summed E-state index contributed by atoms with van der Waals surface area (Å²) in [6.45, 7) is 4.05. The lowest BCUT2D eigenvalue weighted by Gasteiger charge is -2.08. The van der Waals surface area contributed by atoms with Crippen LogP contribution >= 0.6 is 0 Å². The summed E-state index contributed by atoms with van der Waals surface area (Å²) < 4.78 is 23.4. The van der Waals surface area contributed by atoms with Gasteiger partial charge in [-0.25, -0.2) is 4.39 Å². The molecule has 10 rings (SSSR count). The zero-order valence-electron chi connectivity index (χ0n) is 39.6. The van der Waals surface area contributed by atoms with Gasteiger partial charge in [-0.05, 0) is 91.9 Å². The molecular weight excluding hydrogens is 938 g/mol. The molecule has 0 radical (unpaired) electrons. The highest BCUT2D eigenvalue weighted by atomic mass is 19.1. The van der Waals surface area contributed by atoms with Gasteiger partial charge in [0.2, 0.25) is 11.3 Å². The number of hydrogen-bond donors (Lipinski definition) is 2. The van der Waals surface area contributed by atoms with Crippen molar-refractivity contribution in [3.8, 4) is 11.6 Å². The van der Waals surface area contributed by atoms with Crippen molar-refractivity contribution in [2.75, 3.05) is 0 Å². The van der Waals surface area contributed by atoms with Gasteiger partial charge in [0.1, 0.15) is 33.1 Å². The predicted molar refractivity (Wildman–Crippen MR) is 284 cm³/mol. The number of benzene rings is 3. The van der Waals surface area contributed by atoms with Crippen LogP contribution in [0, 0.1) is 30.5 Å². The van der Waals surface area contributed by atoms with Gasteiger partial charge in [-0.1, -0.05) is 94.1 Å². The second-order valence-corrected chi connectivity index (χ2v) is 16.7. The molecule has 18 heteroatoms. The highest BCUT2D eigenvalue weighted by Crippen LogP contribution is 2.18. The molecule has 0 atom stereocenters. The summed E-state index contributed by atoms with van der Waals surface area (Å²) in [6.07, 6.45) is 6.99. The molecule has 3 aromatic carbocycles. The smallest absolute Gasteiger partial charge is 0.270 e. The second-order valence-electron chi connectivity index (χ2n) is 16.7. The van der Waals surface area contributed by atoms with Crippen molar-refractivity contribution in [3.63, 3.8) is 0 Å². The minimum Gasteiger partial charge on any atom is -0.419 e. The van der Waals surface area contributed by atoms with Crippen molar-refractivity contribution in [3.05, 3.63) is 200 Å². The minimum atomic E-state index is -0.396. The third-order valence-corrected chi connectivity index (χ3v) is 11.5. The molecule has 2 N–H and O–H groups in total. The van der Waals surface area contributed by atoms with Gasteiger partial charge in [0.15, 0.2) is 28.6 Å². The molecule has 0 bridgehead atoms. The molecule has 0 aliphatic heterocycles. The van der Waals surface area contributed by atoms with Crippen LogP contribution in [-0.4, -0.2) is 66.1 Å². The number of rotatable bonds is 11. The number of pyridine rings is 3. The number of ketones is 2. The summed E-state index contributed by atoms with van der Waals surface area (Å²) >= 11 is 0. The van der Waals surface area contributed by atoms with E-state index in [2.05, 4.69) is 40.4 Å². The molecular formula is C56H60FN13O4. The maximum absolute atomic E-state index is 13.0. The van der Waals surface area contributed by atoms with Crippen LogP contribution in [0.2, 0.25) is 0 Å². The Morgan fingerprint density at radius 2 is 0.986 bits per heavy atom. The number of fused-ring (bicyclic) bond motifs is 3. The molecule has 0 fully saturated rings. The zero-order chi connectivity index (χ0) is 50.2. The number of hydrogen-bond acceptors (Lipinski definition) is 14. The Kier molecular flexibility index (Phi) is 18.8. The van der Waals surface area contributed by atoms with Crippen LogP contribution in [0.25, 0.3) is 44.7 Å². The standard InChI is InChI=1S/C18H18N4O.C18H17N3O2.C17H13FN6O.3CH4/c1-12-5-7-13(8-6-12)9-10-15(23)18-16(19)17-14(22(2)21-18)4-3-11-20-17;1-12-5-7-13(8-6-12)9-10-15(22)17-18(23)16-14(21(2)20-17)4-3-11-19-16;1-24-12-3-2-8-20-15(12)14(19)16(23-24)17-22-21-13(25-17)9-10-4-6-11(18)7-5-10;;;/h3-8,11,19H,9-10H2,1-2H3;3-8,11H,9-10H2,1-2H3;2-8,19H,9H2,1H3;3*1H4. The normalized spacial score (nSPS) is 10.5. The van der Waals surface area contributed by atoms with Gasteiger partial charge in [0.25, 0.3) is 5.89 Å². The highest BCUT2D eigenvalue weighted by Gasteiger charge is 2.19. The van der Waals surface area contributed by atoms with E-state index < -0.39 is 5.43 Å². The van der Waals surface area contributed by atoms with Crippen LogP contribution in [0.3, 0.4) is 0 Å². The molecule has 0 spiro atoms. The predicted octanol–water partition coefficient (Wildman–Crippen LogP) is 9.16. The van der Waals surface area contributed by atoms with Crippen molar-refractivity contribution in [1.82, 2.24) is 54.5 Å². The maximum Gasteiger partial charge on any atom is 0.270 e. The lowest BCUT2D eigenvalue weighted by molar-refractivity contribution is 0.0967. The Labute approximate surface area is 427 Å². The summed E-state index contributed by atoms with van der Waals surface area (Å²) in [7, 11) is 5.24. The monoisotopic (exact) mass is 997 g/mol. The highest BCUT2D eigenvalue weighted by molar-refractivity contribution is 5.97. The van der Waals surface area contributed by atoms with Crippen LogP contribution in [-0.2, 0) is 40.4 Å². The van der Waals surface area contributed by atoms with Crippen LogP contribution < -0.4 is 16.1 Å². The Hall–Kier alpha value is -9.06. The quantitative estimate of drug-likeness (QED) is 0.116. The number of nitrogens with one attached hydrogen (secondary N) is 2. The van der Waals surface area contributed by atoms with Crippen molar-refractivity contribution in [1.29, 1.82) is 10.8 Å². The first kappa shape index (κ1) is 55.9. The van der Waals surface area contributed by atoms with Crippen molar-refractivity contribution in [2.45, 2.75) is 68.2 Å². The van der Waals surface area contributed by atoms with Crippen molar-refractivity contribution >= 4 is 44.7 Å². The van der Waals surface area contributed by atoms with E-state index >= 15 is 0 Å². The molecule has 7 heterocycles. The average Bonchev–Trinajstić information content (AvgIpc) is 3.86. The number of Topliss-reactive ketones (excluding diaryl/α,β-unsaturated/α-hetero) is 2. The topological polar surface area (TPSA) is 230 Å². The third-order valence-electron chi connectivity index (χ3n) is 11.5. The Morgan fingerprint density at radius 1 is 0.554 bits per heavy atom. The summed E-state index contributed by atoms with van der Waals surface area (Å²) in [5, 5.41) is 37.5. The number of carbonyl (C=O) groups is 2. The van der Waals surface area contributed by atoms with E-state index in [4.69, 9.17) is 15.2 Å². The van der Waals surface area contributed by atoms with Gasteiger partial charge < -0.3 is 4.42 Å². The zero-order valence-corrected chi connectivity index (χ0v) is 39.6. The number of halogens is 1. The molecule has 74 heavy (non-hydrogen) atoms. The van der Waals surface area contributed by atoms with Gasteiger partial charge >= 0.3 is 0 Å². The summed E-state index contributed by atoms with van der Waals surface area (Å²) in [5.41, 5.74) is 8.82. The molecule has 10 aromatic rings.